The fourth-order valence-electron chi connectivity index (χ4n) is 1.34. The van der Waals surface area contributed by atoms with Crippen molar-refractivity contribution in [3.05, 3.63) is 28.2 Å². The number of carbonyl (C=O) groups is 1. The molecule has 1 rings (SSSR count). The van der Waals surface area contributed by atoms with Gasteiger partial charge in [-0.1, -0.05) is 30.1 Å². The summed E-state index contributed by atoms with van der Waals surface area (Å²) in [6.07, 6.45) is 0.892. The first-order chi connectivity index (χ1) is 8.63. The van der Waals surface area contributed by atoms with Crippen LogP contribution in [0.3, 0.4) is 0 Å². The molecule has 18 heavy (non-hydrogen) atoms. The van der Waals surface area contributed by atoms with Gasteiger partial charge in [0.2, 0.25) is 0 Å². The molecule has 0 bridgehead atoms. The van der Waals surface area contributed by atoms with E-state index < -0.39 is 0 Å². The molecule has 1 aromatic rings. The summed E-state index contributed by atoms with van der Waals surface area (Å²) in [4.78, 5) is 11.5. The van der Waals surface area contributed by atoms with Crippen molar-refractivity contribution >= 4 is 34.9 Å². The summed E-state index contributed by atoms with van der Waals surface area (Å²) in [5.74, 6) is 0. The molecule has 0 aliphatic carbocycles. The molecule has 3 N–H and O–H groups in total. The number of hydrogen-bond donors (Lipinski definition) is 3. The second-order valence-electron chi connectivity index (χ2n) is 3.72. The van der Waals surface area contributed by atoms with Gasteiger partial charge in [0.15, 0.2) is 0 Å². The van der Waals surface area contributed by atoms with Crippen LogP contribution in [-0.2, 0) is 0 Å². The predicted octanol–water partition coefficient (Wildman–Crippen LogP) is 3.11. The van der Waals surface area contributed by atoms with Crippen molar-refractivity contribution in [1.29, 1.82) is 0 Å². The molecule has 0 saturated carbocycles. The number of anilines is 1. The Morgan fingerprint density at radius 1 is 1.22 bits per heavy atom. The van der Waals surface area contributed by atoms with Gasteiger partial charge in [-0.2, -0.15) is 0 Å². The zero-order valence-corrected chi connectivity index (χ0v) is 11.7. The van der Waals surface area contributed by atoms with E-state index >= 15 is 0 Å². The summed E-state index contributed by atoms with van der Waals surface area (Å²) in [5, 5.41) is 9.51. The zero-order chi connectivity index (χ0) is 13.4. The van der Waals surface area contributed by atoms with E-state index in [9.17, 15) is 4.79 Å². The lowest BCUT2D eigenvalue weighted by atomic mass is 10.3. The van der Waals surface area contributed by atoms with Crippen molar-refractivity contribution in [2.45, 2.75) is 13.3 Å². The average Bonchev–Trinajstić information content (AvgIpc) is 2.34. The van der Waals surface area contributed by atoms with E-state index in [2.05, 4.69) is 16.0 Å². The Hall–Kier alpha value is -0.970. The van der Waals surface area contributed by atoms with Gasteiger partial charge in [0, 0.05) is 12.2 Å². The molecule has 0 saturated heterocycles. The fourth-order valence-corrected chi connectivity index (χ4v) is 1.64. The first-order valence-electron chi connectivity index (χ1n) is 5.84. The van der Waals surface area contributed by atoms with Crippen LogP contribution in [0, 0.1) is 0 Å². The van der Waals surface area contributed by atoms with Crippen LogP contribution < -0.4 is 16.0 Å². The van der Waals surface area contributed by atoms with Gasteiger partial charge in [0.05, 0.1) is 10.0 Å². The van der Waals surface area contributed by atoms with Crippen LogP contribution in [0.1, 0.15) is 13.3 Å². The molecule has 0 atom stereocenters. The molecule has 0 aliphatic rings. The predicted molar refractivity (Wildman–Crippen MR) is 76.6 cm³/mol. The smallest absolute Gasteiger partial charge is 0.319 e. The number of nitrogens with one attached hydrogen (secondary N) is 3. The summed E-state index contributed by atoms with van der Waals surface area (Å²) < 4.78 is 0. The van der Waals surface area contributed by atoms with Crippen LogP contribution in [0.25, 0.3) is 0 Å². The standard InChI is InChI=1S/C12H17Cl2N3O/c1-2-15-6-3-7-16-12(18)17-9-4-5-10(13)11(14)8-9/h4-5,8,15H,2-3,6-7H2,1H3,(H2,16,17,18). The molecule has 0 heterocycles. The molecular weight excluding hydrogens is 273 g/mol. The third kappa shape index (κ3) is 5.58. The summed E-state index contributed by atoms with van der Waals surface area (Å²) in [5.41, 5.74) is 0.619. The Kier molecular flexibility index (Phi) is 6.86. The third-order valence-electron chi connectivity index (χ3n) is 2.24. The van der Waals surface area contributed by atoms with Crippen LogP contribution in [0.2, 0.25) is 10.0 Å². The molecule has 0 aliphatic heterocycles. The number of carbonyl (C=O) groups excluding carboxylic acids is 1. The van der Waals surface area contributed by atoms with E-state index in [1.807, 2.05) is 6.92 Å². The van der Waals surface area contributed by atoms with E-state index in [0.717, 1.165) is 19.5 Å². The van der Waals surface area contributed by atoms with E-state index in [-0.39, 0.29) is 6.03 Å². The van der Waals surface area contributed by atoms with Crippen LogP contribution in [-0.4, -0.2) is 25.7 Å². The van der Waals surface area contributed by atoms with E-state index in [4.69, 9.17) is 23.2 Å². The van der Waals surface area contributed by atoms with Gasteiger partial charge in [0.1, 0.15) is 0 Å². The van der Waals surface area contributed by atoms with Crippen molar-refractivity contribution in [2.24, 2.45) is 0 Å². The maximum atomic E-state index is 11.5. The molecule has 0 fully saturated rings. The highest BCUT2D eigenvalue weighted by atomic mass is 35.5. The van der Waals surface area contributed by atoms with E-state index in [0.29, 0.717) is 22.3 Å². The Morgan fingerprint density at radius 2 is 2.00 bits per heavy atom. The molecule has 6 heteroatoms. The Balaban J connectivity index is 2.29. The van der Waals surface area contributed by atoms with Crippen LogP contribution >= 0.6 is 23.2 Å². The summed E-state index contributed by atoms with van der Waals surface area (Å²) in [6.45, 7) is 4.50. The molecule has 0 unspecified atom stereocenters. The number of benzene rings is 1. The molecule has 0 spiro atoms. The van der Waals surface area contributed by atoms with Crippen molar-refractivity contribution in [3.63, 3.8) is 0 Å². The van der Waals surface area contributed by atoms with E-state index in [1.54, 1.807) is 18.2 Å². The van der Waals surface area contributed by atoms with Crippen molar-refractivity contribution in [2.75, 3.05) is 25.0 Å². The van der Waals surface area contributed by atoms with Gasteiger partial charge >= 0.3 is 6.03 Å². The number of rotatable bonds is 6. The zero-order valence-electron chi connectivity index (χ0n) is 10.2. The lowest BCUT2D eigenvalue weighted by Gasteiger charge is -2.08. The highest BCUT2D eigenvalue weighted by Gasteiger charge is 2.03. The molecule has 4 nitrogen and oxygen atoms in total. The van der Waals surface area contributed by atoms with Gasteiger partial charge in [-0.3, -0.25) is 0 Å². The lowest BCUT2D eigenvalue weighted by molar-refractivity contribution is 0.252. The fraction of sp³-hybridized carbons (Fsp3) is 0.417. The maximum Gasteiger partial charge on any atom is 0.319 e. The first-order valence-corrected chi connectivity index (χ1v) is 6.59. The SMILES string of the molecule is CCNCCCNC(=O)Nc1ccc(Cl)c(Cl)c1. The molecule has 0 radical (unpaired) electrons. The van der Waals surface area contributed by atoms with Gasteiger partial charge in [-0.25, -0.2) is 4.79 Å². The quantitative estimate of drug-likeness (QED) is 0.705. The van der Waals surface area contributed by atoms with Crippen molar-refractivity contribution in [3.8, 4) is 0 Å². The molecule has 100 valence electrons. The topological polar surface area (TPSA) is 53.2 Å². The average molecular weight is 290 g/mol. The Bertz CT molecular complexity index is 399. The van der Waals surface area contributed by atoms with Gasteiger partial charge < -0.3 is 16.0 Å². The summed E-state index contributed by atoms with van der Waals surface area (Å²) in [6, 6.07) is 4.71. The number of urea groups is 1. The van der Waals surface area contributed by atoms with E-state index in [1.165, 1.54) is 0 Å². The Morgan fingerprint density at radius 3 is 2.67 bits per heavy atom. The second kappa shape index (κ2) is 8.19. The van der Waals surface area contributed by atoms with Gasteiger partial charge in [-0.15, -0.1) is 0 Å². The summed E-state index contributed by atoms with van der Waals surface area (Å²) >= 11 is 11.6. The number of halogens is 2. The highest BCUT2D eigenvalue weighted by Crippen LogP contribution is 2.24. The van der Waals surface area contributed by atoms with Crippen molar-refractivity contribution in [1.82, 2.24) is 10.6 Å². The first kappa shape index (κ1) is 15.1. The minimum atomic E-state index is -0.245. The normalized spacial score (nSPS) is 10.2. The monoisotopic (exact) mass is 289 g/mol. The minimum Gasteiger partial charge on any atom is -0.338 e. The lowest BCUT2D eigenvalue weighted by Crippen LogP contribution is -2.31. The molecule has 2 amide bonds. The second-order valence-corrected chi connectivity index (χ2v) is 4.53. The Labute approximate surface area is 117 Å². The number of amides is 2. The van der Waals surface area contributed by atoms with Gasteiger partial charge in [-0.05, 0) is 37.7 Å². The third-order valence-corrected chi connectivity index (χ3v) is 2.98. The van der Waals surface area contributed by atoms with Crippen LogP contribution in [0.15, 0.2) is 18.2 Å². The van der Waals surface area contributed by atoms with Gasteiger partial charge in [0.25, 0.3) is 0 Å². The minimum absolute atomic E-state index is 0.245. The maximum absolute atomic E-state index is 11.5. The highest BCUT2D eigenvalue weighted by molar-refractivity contribution is 6.42. The van der Waals surface area contributed by atoms with Crippen molar-refractivity contribution < 1.29 is 4.79 Å². The molecule has 0 aromatic heterocycles. The molecule has 1 aromatic carbocycles. The van der Waals surface area contributed by atoms with Crippen LogP contribution in [0.5, 0.6) is 0 Å². The molecular formula is C12H17Cl2N3O. The summed E-state index contributed by atoms with van der Waals surface area (Å²) in [7, 11) is 0. The number of hydrogen-bond acceptors (Lipinski definition) is 2. The largest absolute Gasteiger partial charge is 0.338 e. The van der Waals surface area contributed by atoms with Crippen LogP contribution in [0.4, 0.5) is 10.5 Å².